The topological polar surface area (TPSA) is 93.5 Å². The Morgan fingerprint density at radius 1 is 1.37 bits per heavy atom. The molecule has 0 saturated heterocycles. The lowest BCUT2D eigenvalue weighted by Gasteiger charge is -2.32. The molecule has 3 rings (SSSR count). The maximum atomic E-state index is 13.9. The smallest absolute Gasteiger partial charge is 0.296 e. The highest BCUT2D eigenvalue weighted by Gasteiger charge is 2.34. The fourth-order valence-corrected chi connectivity index (χ4v) is 2.91. The Kier molecular flexibility index (Phi) is 4.73. The number of benzene rings is 1. The number of aromatic nitrogens is 2. The van der Waals surface area contributed by atoms with Gasteiger partial charge in [-0.1, -0.05) is 12.1 Å². The van der Waals surface area contributed by atoms with Gasteiger partial charge in [-0.05, 0) is 26.3 Å². The van der Waals surface area contributed by atoms with Crippen molar-refractivity contribution in [3.63, 3.8) is 0 Å². The molecule has 1 aromatic heterocycles. The summed E-state index contributed by atoms with van der Waals surface area (Å²) in [7, 11) is 0. The zero-order valence-corrected chi connectivity index (χ0v) is 15.1. The normalized spacial score (nSPS) is 15.3. The Hall–Kier alpha value is -2.81. The average molecular weight is 379 g/mol. The summed E-state index contributed by atoms with van der Waals surface area (Å²) in [5.74, 6) is -3.53. The van der Waals surface area contributed by atoms with Crippen molar-refractivity contribution >= 4 is 5.91 Å². The van der Waals surface area contributed by atoms with Gasteiger partial charge in [0, 0.05) is 12.1 Å². The molecule has 2 aromatic rings. The van der Waals surface area contributed by atoms with E-state index in [0.29, 0.717) is 0 Å². The van der Waals surface area contributed by atoms with Gasteiger partial charge in [-0.15, -0.1) is 0 Å². The Morgan fingerprint density at radius 2 is 2.07 bits per heavy atom. The summed E-state index contributed by atoms with van der Waals surface area (Å²) in [6, 6.07) is 2.74. The van der Waals surface area contributed by atoms with E-state index in [1.807, 2.05) is 0 Å². The number of nitrogens with one attached hydrogen (secondary N) is 1. The summed E-state index contributed by atoms with van der Waals surface area (Å²) in [5.41, 5.74) is -2.09. The summed E-state index contributed by atoms with van der Waals surface area (Å²) >= 11 is 0. The number of ether oxygens (including phenoxy) is 1. The van der Waals surface area contributed by atoms with Crippen molar-refractivity contribution < 1.29 is 23.4 Å². The molecule has 0 spiro atoms. The minimum Gasteiger partial charge on any atom is -0.501 e. The van der Waals surface area contributed by atoms with Crippen molar-refractivity contribution in [3.8, 4) is 5.75 Å². The Bertz CT molecular complexity index is 986. The van der Waals surface area contributed by atoms with Crippen LogP contribution in [0.15, 0.2) is 16.9 Å². The number of aryl methyl sites for hydroxylation is 1. The van der Waals surface area contributed by atoms with Gasteiger partial charge in [0.1, 0.15) is 11.4 Å². The van der Waals surface area contributed by atoms with Crippen LogP contribution in [-0.2, 0) is 23.4 Å². The first kappa shape index (κ1) is 19.0. The highest BCUT2D eigenvalue weighted by Crippen LogP contribution is 2.27. The second kappa shape index (κ2) is 6.73. The maximum Gasteiger partial charge on any atom is 0.296 e. The summed E-state index contributed by atoms with van der Waals surface area (Å²) in [6.45, 7) is 4.94. The highest BCUT2D eigenvalue weighted by molar-refractivity contribution is 5.94. The lowest BCUT2D eigenvalue weighted by molar-refractivity contribution is -0.0566. The second-order valence-electron chi connectivity index (χ2n) is 6.80. The molecule has 1 aliphatic heterocycles. The van der Waals surface area contributed by atoms with Crippen molar-refractivity contribution in [2.75, 3.05) is 6.61 Å². The van der Waals surface area contributed by atoms with E-state index in [2.05, 4.69) is 10.3 Å². The number of rotatable bonds is 3. The number of hydrogen-bond donors (Lipinski definition) is 2. The molecule has 0 radical (unpaired) electrons. The van der Waals surface area contributed by atoms with E-state index in [1.165, 1.54) is 23.6 Å². The minimum absolute atomic E-state index is 0.0655. The van der Waals surface area contributed by atoms with Gasteiger partial charge in [0.2, 0.25) is 5.75 Å². The van der Waals surface area contributed by atoms with Gasteiger partial charge < -0.3 is 15.2 Å². The van der Waals surface area contributed by atoms with Crippen molar-refractivity contribution in [3.05, 3.63) is 56.8 Å². The maximum absolute atomic E-state index is 13.9. The molecular formula is C18H19F2N3O4. The van der Waals surface area contributed by atoms with Crippen molar-refractivity contribution in [1.29, 1.82) is 0 Å². The molecule has 1 amide bonds. The van der Waals surface area contributed by atoms with Crippen LogP contribution in [0.5, 0.6) is 5.75 Å². The minimum atomic E-state index is -1.06. The predicted molar refractivity (Wildman–Crippen MR) is 91.4 cm³/mol. The van der Waals surface area contributed by atoms with Gasteiger partial charge >= 0.3 is 0 Å². The molecule has 0 saturated carbocycles. The van der Waals surface area contributed by atoms with E-state index in [9.17, 15) is 23.5 Å². The van der Waals surface area contributed by atoms with Crippen LogP contribution in [0.1, 0.15) is 41.3 Å². The molecule has 7 nitrogen and oxygen atoms in total. The van der Waals surface area contributed by atoms with Crippen LogP contribution in [0, 0.1) is 18.6 Å². The van der Waals surface area contributed by atoms with Gasteiger partial charge in [0.25, 0.3) is 11.5 Å². The lowest BCUT2D eigenvalue weighted by Crippen LogP contribution is -2.42. The van der Waals surface area contributed by atoms with E-state index < -0.39 is 40.1 Å². The molecule has 0 fully saturated rings. The van der Waals surface area contributed by atoms with Crippen molar-refractivity contribution in [1.82, 2.24) is 14.9 Å². The first-order chi connectivity index (χ1) is 12.6. The van der Waals surface area contributed by atoms with Gasteiger partial charge in [-0.2, -0.15) is 0 Å². The number of fused-ring (bicyclic) bond motifs is 1. The monoisotopic (exact) mass is 379 g/mol. The highest BCUT2D eigenvalue weighted by atomic mass is 19.2. The third-order valence-corrected chi connectivity index (χ3v) is 4.47. The number of amides is 1. The summed E-state index contributed by atoms with van der Waals surface area (Å²) < 4.78 is 34.4. The van der Waals surface area contributed by atoms with Gasteiger partial charge in [-0.25, -0.2) is 13.8 Å². The zero-order valence-electron chi connectivity index (χ0n) is 15.1. The number of carbonyl (C=O) groups excluding carboxylic acids is 1. The number of halogens is 2. The van der Waals surface area contributed by atoms with Crippen LogP contribution in [0.2, 0.25) is 0 Å². The Balaban J connectivity index is 1.91. The lowest BCUT2D eigenvalue weighted by atomic mass is 10.1. The van der Waals surface area contributed by atoms with Gasteiger partial charge in [0.05, 0.1) is 13.2 Å². The van der Waals surface area contributed by atoms with Gasteiger partial charge in [-0.3, -0.25) is 14.2 Å². The summed E-state index contributed by atoms with van der Waals surface area (Å²) in [5, 5.41) is 12.4. The van der Waals surface area contributed by atoms with Crippen LogP contribution < -0.4 is 10.9 Å². The zero-order chi connectivity index (χ0) is 19.9. The molecule has 0 unspecified atom stereocenters. The molecule has 144 valence electrons. The molecule has 27 heavy (non-hydrogen) atoms. The fourth-order valence-electron chi connectivity index (χ4n) is 2.91. The Labute approximate surface area is 153 Å². The van der Waals surface area contributed by atoms with Crippen LogP contribution in [0.4, 0.5) is 8.78 Å². The molecule has 2 N–H and O–H groups in total. The van der Waals surface area contributed by atoms with E-state index in [0.717, 1.165) is 0 Å². The van der Waals surface area contributed by atoms with Crippen LogP contribution in [-0.4, -0.2) is 27.2 Å². The van der Waals surface area contributed by atoms with Crippen molar-refractivity contribution in [2.45, 2.75) is 39.5 Å². The molecular weight excluding hydrogens is 360 g/mol. The molecule has 0 aliphatic carbocycles. The van der Waals surface area contributed by atoms with E-state index in [1.54, 1.807) is 13.8 Å². The molecule has 2 heterocycles. The van der Waals surface area contributed by atoms with Crippen LogP contribution in [0.25, 0.3) is 0 Å². The standard InChI is InChI=1S/C18H19F2N3O4/c1-9-4-5-10(12(20)11(9)19)8-21-15(25)13-14(24)16(26)23-6-7-27-18(2,3)17(23)22-13/h4-5,24H,6-8H2,1-3H3,(H,21,25). The predicted octanol–water partition coefficient (Wildman–Crippen LogP) is 1.73. The summed E-state index contributed by atoms with van der Waals surface area (Å²) in [4.78, 5) is 28.9. The Morgan fingerprint density at radius 3 is 2.78 bits per heavy atom. The number of aromatic hydroxyl groups is 1. The summed E-state index contributed by atoms with van der Waals surface area (Å²) in [6.07, 6.45) is 0. The van der Waals surface area contributed by atoms with E-state index >= 15 is 0 Å². The first-order valence-corrected chi connectivity index (χ1v) is 8.33. The first-order valence-electron chi connectivity index (χ1n) is 8.33. The number of nitrogens with zero attached hydrogens (tertiary/aromatic N) is 2. The third kappa shape index (κ3) is 3.30. The largest absolute Gasteiger partial charge is 0.501 e. The fraction of sp³-hybridized carbons (Fsp3) is 0.389. The van der Waals surface area contributed by atoms with Gasteiger partial charge in [0.15, 0.2) is 17.3 Å². The molecule has 0 bridgehead atoms. The molecule has 9 heteroatoms. The molecule has 0 atom stereocenters. The quantitative estimate of drug-likeness (QED) is 0.847. The van der Waals surface area contributed by atoms with Crippen molar-refractivity contribution in [2.24, 2.45) is 0 Å². The van der Waals surface area contributed by atoms with Crippen LogP contribution >= 0.6 is 0 Å². The average Bonchev–Trinajstić information content (AvgIpc) is 2.62. The molecule has 1 aromatic carbocycles. The SMILES string of the molecule is Cc1ccc(CNC(=O)c2nc3n(c(=O)c2O)CCOC3(C)C)c(F)c1F. The van der Waals surface area contributed by atoms with E-state index in [-0.39, 0.29) is 36.6 Å². The second-order valence-corrected chi connectivity index (χ2v) is 6.80. The third-order valence-electron chi connectivity index (χ3n) is 4.47. The molecule has 1 aliphatic rings. The van der Waals surface area contributed by atoms with E-state index in [4.69, 9.17) is 4.74 Å². The number of carbonyl (C=O) groups is 1. The van der Waals surface area contributed by atoms with Crippen LogP contribution in [0.3, 0.4) is 0 Å². The number of hydrogen-bond acceptors (Lipinski definition) is 5.